The molecule has 1 fully saturated rings. The molecule has 1 heterocycles. The fourth-order valence-corrected chi connectivity index (χ4v) is 3.14. The zero-order valence-corrected chi connectivity index (χ0v) is 14.0. The SMILES string of the molecule is COc1ccc(C(O)C(C)N2CCC(C(C)(C)C)C2)cc1. The number of hydrogen-bond donors (Lipinski definition) is 1. The highest BCUT2D eigenvalue weighted by Gasteiger charge is 2.35. The van der Waals surface area contributed by atoms with E-state index in [2.05, 4.69) is 32.6 Å². The number of rotatable bonds is 4. The molecule has 3 heteroatoms. The minimum Gasteiger partial charge on any atom is -0.497 e. The lowest BCUT2D eigenvalue weighted by molar-refractivity contribution is 0.0654. The topological polar surface area (TPSA) is 32.7 Å². The molecule has 0 spiro atoms. The first kappa shape index (κ1) is 16.3. The van der Waals surface area contributed by atoms with Crippen LogP contribution in [0.25, 0.3) is 0 Å². The Morgan fingerprint density at radius 1 is 1.24 bits per heavy atom. The zero-order chi connectivity index (χ0) is 15.6. The van der Waals surface area contributed by atoms with Crippen LogP contribution in [-0.2, 0) is 0 Å². The number of ether oxygens (including phenoxy) is 1. The van der Waals surface area contributed by atoms with Crippen molar-refractivity contribution in [2.24, 2.45) is 11.3 Å². The average molecular weight is 291 g/mol. The van der Waals surface area contributed by atoms with Gasteiger partial charge >= 0.3 is 0 Å². The highest BCUT2D eigenvalue weighted by atomic mass is 16.5. The van der Waals surface area contributed by atoms with Crippen LogP contribution in [0.1, 0.15) is 45.8 Å². The molecule has 0 saturated carbocycles. The van der Waals surface area contributed by atoms with Gasteiger partial charge in [0.1, 0.15) is 5.75 Å². The van der Waals surface area contributed by atoms with Crippen LogP contribution in [0.5, 0.6) is 5.75 Å². The molecule has 1 aromatic rings. The zero-order valence-electron chi connectivity index (χ0n) is 14.0. The van der Waals surface area contributed by atoms with Crippen LogP contribution < -0.4 is 4.74 Å². The molecular formula is C18H29NO2. The summed E-state index contributed by atoms with van der Waals surface area (Å²) in [5.41, 5.74) is 1.31. The third-order valence-corrected chi connectivity index (χ3v) is 4.93. The molecule has 118 valence electrons. The second-order valence-electron chi connectivity index (χ2n) is 7.31. The van der Waals surface area contributed by atoms with E-state index in [1.54, 1.807) is 7.11 Å². The lowest BCUT2D eigenvalue weighted by Gasteiger charge is -2.31. The molecule has 3 nitrogen and oxygen atoms in total. The smallest absolute Gasteiger partial charge is 0.118 e. The van der Waals surface area contributed by atoms with E-state index in [0.717, 1.165) is 24.4 Å². The molecule has 1 aliphatic heterocycles. The molecule has 1 N–H and O–H groups in total. The van der Waals surface area contributed by atoms with Gasteiger partial charge in [-0.2, -0.15) is 0 Å². The van der Waals surface area contributed by atoms with Gasteiger partial charge in [0.2, 0.25) is 0 Å². The van der Waals surface area contributed by atoms with Crippen LogP contribution in [0.2, 0.25) is 0 Å². The lowest BCUT2D eigenvalue weighted by atomic mass is 9.80. The van der Waals surface area contributed by atoms with Gasteiger partial charge in [-0.15, -0.1) is 0 Å². The molecule has 21 heavy (non-hydrogen) atoms. The van der Waals surface area contributed by atoms with E-state index < -0.39 is 6.10 Å². The first-order valence-electron chi connectivity index (χ1n) is 7.89. The first-order valence-corrected chi connectivity index (χ1v) is 7.89. The molecule has 3 unspecified atom stereocenters. The monoisotopic (exact) mass is 291 g/mol. The minimum absolute atomic E-state index is 0.144. The predicted octanol–water partition coefficient (Wildman–Crippen LogP) is 3.49. The highest BCUT2D eigenvalue weighted by Crippen LogP contribution is 2.36. The van der Waals surface area contributed by atoms with E-state index in [-0.39, 0.29) is 6.04 Å². The van der Waals surface area contributed by atoms with Crippen molar-refractivity contribution in [2.45, 2.75) is 46.3 Å². The fraction of sp³-hybridized carbons (Fsp3) is 0.667. The Balaban J connectivity index is 2.01. The van der Waals surface area contributed by atoms with E-state index in [4.69, 9.17) is 4.74 Å². The molecule has 1 saturated heterocycles. The molecule has 1 aliphatic rings. The molecular weight excluding hydrogens is 262 g/mol. The highest BCUT2D eigenvalue weighted by molar-refractivity contribution is 5.29. The van der Waals surface area contributed by atoms with Crippen LogP contribution in [-0.4, -0.2) is 36.2 Å². The summed E-state index contributed by atoms with van der Waals surface area (Å²) in [7, 11) is 1.66. The second-order valence-corrected chi connectivity index (χ2v) is 7.31. The van der Waals surface area contributed by atoms with Gasteiger partial charge in [-0.3, -0.25) is 4.90 Å². The van der Waals surface area contributed by atoms with Gasteiger partial charge in [0.15, 0.2) is 0 Å². The van der Waals surface area contributed by atoms with E-state index in [1.165, 1.54) is 6.42 Å². The standard InChI is InChI=1S/C18H29NO2/c1-13(19-11-10-15(12-19)18(2,3)4)17(20)14-6-8-16(21-5)9-7-14/h6-9,13,15,17,20H,10-12H2,1-5H3. The van der Waals surface area contributed by atoms with Crippen molar-refractivity contribution in [2.75, 3.05) is 20.2 Å². The molecule has 1 aromatic carbocycles. The van der Waals surface area contributed by atoms with Crippen molar-refractivity contribution in [3.05, 3.63) is 29.8 Å². The normalized spacial score (nSPS) is 23.0. The molecule has 0 bridgehead atoms. The van der Waals surface area contributed by atoms with Gasteiger partial charge < -0.3 is 9.84 Å². The quantitative estimate of drug-likeness (QED) is 0.922. The summed E-state index contributed by atoms with van der Waals surface area (Å²) in [6, 6.07) is 7.88. The number of methoxy groups -OCH3 is 1. The van der Waals surface area contributed by atoms with Crippen molar-refractivity contribution >= 4 is 0 Å². The number of likely N-dealkylation sites (tertiary alicyclic amines) is 1. The number of aliphatic hydroxyl groups is 1. The van der Waals surface area contributed by atoms with E-state index >= 15 is 0 Å². The first-order chi connectivity index (χ1) is 9.82. The average Bonchev–Trinajstić information content (AvgIpc) is 2.95. The van der Waals surface area contributed by atoms with Crippen LogP contribution in [0.4, 0.5) is 0 Å². The molecule has 0 radical (unpaired) electrons. The Kier molecular flexibility index (Phi) is 4.95. The molecule has 0 aromatic heterocycles. The summed E-state index contributed by atoms with van der Waals surface area (Å²) in [6.45, 7) is 11.2. The van der Waals surface area contributed by atoms with Gasteiger partial charge in [-0.1, -0.05) is 32.9 Å². The minimum atomic E-state index is -0.449. The van der Waals surface area contributed by atoms with E-state index in [9.17, 15) is 5.11 Å². The maximum Gasteiger partial charge on any atom is 0.118 e. The van der Waals surface area contributed by atoms with Crippen LogP contribution in [0.15, 0.2) is 24.3 Å². The maximum absolute atomic E-state index is 10.6. The Labute approximate surface area is 128 Å². The Morgan fingerprint density at radius 2 is 1.86 bits per heavy atom. The third-order valence-electron chi connectivity index (χ3n) is 4.93. The van der Waals surface area contributed by atoms with E-state index in [0.29, 0.717) is 11.3 Å². The largest absolute Gasteiger partial charge is 0.497 e. The summed E-state index contributed by atoms with van der Waals surface area (Å²) in [5, 5.41) is 10.6. The van der Waals surface area contributed by atoms with Gasteiger partial charge in [-0.05, 0) is 48.9 Å². The summed E-state index contributed by atoms with van der Waals surface area (Å²) in [5.74, 6) is 1.54. The van der Waals surface area contributed by atoms with Crippen molar-refractivity contribution in [1.82, 2.24) is 4.90 Å². The summed E-state index contributed by atoms with van der Waals surface area (Å²) in [6.07, 6.45) is 0.776. The Bertz CT molecular complexity index is 449. The Morgan fingerprint density at radius 3 is 2.33 bits per heavy atom. The van der Waals surface area contributed by atoms with Gasteiger partial charge in [0, 0.05) is 12.6 Å². The van der Waals surface area contributed by atoms with Gasteiger partial charge in [0.05, 0.1) is 13.2 Å². The molecule has 0 amide bonds. The molecule has 0 aliphatic carbocycles. The third kappa shape index (κ3) is 3.78. The van der Waals surface area contributed by atoms with Crippen LogP contribution >= 0.6 is 0 Å². The predicted molar refractivity (Wildman–Crippen MR) is 86.6 cm³/mol. The number of hydrogen-bond acceptors (Lipinski definition) is 3. The number of benzene rings is 1. The second kappa shape index (κ2) is 6.37. The van der Waals surface area contributed by atoms with E-state index in [1.807, 2.05) is 24.3 Å². The van der Waals surface area contributed by atoms with Gasteiger partial charge in [-0.25, -0.2) is 0 Å². The lowest BCUT2D eigenvalue weighted by Crippen LogP contribution is -2.37. The van der Waals surface area contributed by atoms with Crippen LogP contribution in [0.3, 0.4) is 0 Å². The Hall–Kier alpha value is -1.06. The van der Waals surface area contributed by atoms with Crippen molar-refractivity contribution < 1.29 is 9.84 Å². The van der Waals surface area contributed by atoms with Crippen molar-refractivity contribution in [1.29, 1.82) is 0 Å². The van der Waals surface area contributed by atoms with Crippen LogP contribution in [0, 0.1) is 11.3 Å². The molecule has 3 atom stereocenters. The summed E-state index contributed by atoms with van der Waals surface area (Å²) < 4.78 is 5.17. The number of aliphatic hydroxyl groups excluding tert-OH is 1. The molecule has 2 rings (SSSR count). The summed E-state index contributed by atoms with van der Waals surface area (Å²) >= 11 is 0. The number of nitrogens with zero attached hydrogens (tertiary/aromatic N) is 1. The maximum atomic E-state index is 10.6. The summed E-state index contributed by atoms with van der Waals surface area (Å²) in [4.78, 5) is 2.42. The van der Waals surface area contributed by atoms with Gasteiger partial charge in [0.25, 0.3) is 0 Å². The van der Waals surface area contributed by atoms with Crippen molar-refractivity contribution in [3.8, 4) is 5.75 Å². The fourth-order valence-electron chi connectivity index (χ4n) is 3.14. The van der Waals surface area contributed by atoms with Crippen molar-refractivity contribution in [3.63, 3.8) is 0 Å².